The molecule has 3 rings (SSSR count). The van der Waals surface area contributed by atoms with E-state index >= 15 is 0 Å². The molecule has 0 radical (unpaired) electrons. The monoisotopic (exact) mass is 286 g/mol. The van der Waals surface area contributed by atoms with Gasteiger partial charge in [-0.1, -0.05) is 6.07 Å². The Hall–Kier alpha value is -2.14. The van der Waals surface area contributed by atoms with Crippen molar-refractivity contribution < 1.29 is 9.53 Å². The van der Waals surface area contributed by atoms with Crippen LogP contribution >= 0.6 is 0 Å². The lowest BCUT2D eigenvalue weighted by molar-refractivity contribution is 0.0601. The molecule has 2 aromatic rings. The number of rotatable bonds is 3. The Morgan fingerprint density at radius 1 is 1.43 bits per heavy atom. The van der Waals surface area contributed by atoms with Gasteiger partial charge in [0.05, 0.1) is 12.7 Å². The van der Waals surface area contributed by atoms with E-state index in [2.05, 4.69) is 5.32 Å². The molecule has 5 heteroatoms. The van der Waals surface area contributed by atoms with Crippen molar-refractivity contribution >= 4 is 16.7 Å². The van der Waals surface area contributed by atoms with Crippen LogP contribution in [0.1, 0.15) is 16.8 Å². The average molecular weight is 286 g/mol. The van der Waals surface area contributed by atoms with Gasteiger partial charge in [0.15, 0.2) is 0 Å². The second-order valence-electron chi connectivity index (χ2n) is 5.43. The fraction of sp³-hybridized carbons (Fsp3) is 0.375. The van der Waals surface area contributed by atoms with Crippen LogP contribution in [-0.2, 0) is 11.3 Å². The zero-order valence-electron chi connectivity index (χ0n) is 12.0. The molecule has 0 aliphatic carbocycles. The summed E-state index contributed by atoms with van der Waals surface area (Å²) in [6.07, 6.45) is 2.92. The second kappa shape index (κ2) is 5.69. The molecule has 1 atom stereocenters. The van der Waals surface area contributed by atoms with Gasteiger partial charge in [0, 0.05) is 18.1 Å². The summed E-state index contributed by atoms with van der Waals surface area (Å²) in [5, 5.41) is 4.71. The van der Waals surface area contributed by atoms with Gasteiger partial charge in [-0.15, -0.1) is 0 Å². The first-order valence-corrected chi connectivity index (χ1v) is 7.11. The highest BCUT2D eigenvalue weighted by atomic mass is 16.5. The van der Waals surface area contributed by atoms with Crippen LogP contribution in [-0.4, -0.2) is 30.7 Å². The maximum absolute atomic E-state index is 12.6. The van der Waals surface area contributed by atoms with Crippen molar-refractivity contribution in [1.29, 1.82) is 0 Å². The molecule has 1 aromatic heterocycles. The minimum Gasteiger partial charge on any atom is -0.465 e. The molecule has 1 saturated heterocycles. The number of methoxy groups -OCH3 is 1. The highest BCUT2D eigenvalue weighted by Crippen LogP contribution is 2.15. The maximum Gasteiger partial charge on any atom is 0.337 e. The Morgan fingerprint density at radius 2 is 2.29 bits per heavy atom. The van der Waals surface area contributed by atoms with E-state index in [1.54, 1.807) is 22.8 Å². The first-order chi connectivity index (χ1) is 10.2. The summed E-state index contributed by atoms with van der Waals surface area (Å²) in [5.41, 5.74) is 0.354. The van der Waals surface area contributed by atoms with Gasteiger partial charge >= 0.3 is 5.97 Å². The zero-order valence-corrected chi connectivity index (χ0v) is 12.0. The second-order valence-corrected chi connectivity index (χ2v) is 5.43. The van der Waals surface area contributed by atoms with E-state index < -0.39 is 5.97 Å². The topological polar surface area (TPSA) is 60.3 Å². The molecule has 2 heterocycles. The lowest BCUT2D eigenvalue weighted by Gasteiger charge is -2.12. The minimum atomic E-state index is -0.424. The molecule has 0 amide bonds. The molecule has 0 saturated carbocycles. The summed E-state index contributed by atoms with van der Waals surface area (Å²) in [7, 11) is 1.34. The summed E-state index contributed by atoms with van der Waals surface area (Å²) in [5.74, 6) is 0.0654. The number of nitrogens with one attached hydrogen (secondary N) is 1. The van der Waals surface area contributed by atoms with Gasteiger partial charge in [0.1, 0.15) is 0 Å². The third-order valence-electron chi connectivity index (χ3n) is 4.02. The molecule has 1 aliphatic heterocycles. The number of ether oxygens (including phenoxy) is 1. The van der Waals surface area contributed by atoms with E-state index in [-0.39, 0.29) is 5.56 Å². The van der Waals surface area contributed by atoms with Gasteiger partial charge in [-0.25, -0.2) is 4.79 Å². The normalized spacial score (nSPS) is 18.0. The average Bonchev–Trinajstić information content (AvgIpc) is 3.02. The molecule has 1 aliphatic rings. The predicted octanol–water partition coefficient (Wildman–Crippen LogP) is 1.40. The van der Waals surface area contributed by atoms with Gasteiger partial charge in [0.2, 0.25) is 0 Å². The lowest BCUT2D eigenvalue weighted by Crippen LogP contribution is -2.24. The minimum absolute atomic E-state index is 0.0508. The van der Waals surface area contributed by atoms with Crippen molar-refractivity contribution in [2.75, 3.05) is 20.2 Å². The molecule has 1 fully saturated rings. The van der Waals surface area contributed by atoms with Crippen LogP contribution in [0.25, 0.3) is 10.8 Å². The molecule has 110 valence electrons. The van der Waals surface area contributed by atoms with Crippen molar-refractivity contribution in [1.82, 2.24) is 9.88 Å². The van der Waals surface area contributed by atoms with E-state index in [0.717, 1.165) is 24.9 Å². The molecule has 1 aromatic carbocycles. The summed E-state index contributed by atoms with van der Waals surface area (Å²) < 4.78 is 6.44. The molecule has 0 spiro atoms. The molecule has 1 unspecified atom stereocenters. The zero-order chi connectivity index (χ0) is 14.8. The fourth-order valence-electron chi connectivity index (χ4n) is 2.82. The Balaban J connectivity index is 2.01. The molecule has 5 nitrogen and oxygen atoms in total. The van der Waals surface area contributed by atoms with Crippen LogP contribution in [0.5, 0.6) is 0 Å². The third kappa shape index (κ3) is 2.69. The van der Waals surface area contributed by atoms with Crippen LogP contribution in [0.3, 0.4) is 0 Å². The Labute approximate surface area is 122 Å². The SMILES string of the molecule is COC(=O)c1ccc2ccn(CC3CCNC3)c(=O)c2c1. The van der Waals surface area contributed by atoms with E-state index in [0.29, 0.717) is 23.4 Å². The lowest BCUT2D eigenvalue weighted by atomic mass is 10.1. The van der Waals surface area contributed by atoms with Gasteiger partial charge in [-0.2, -0.15) is 0 Å². The van der Waals surface area contributed by atoms with Crippen molar-refractivity contribution in [3.05, 3.63) is 46.4 Å². The Morgan fingerprint density at radius 3 is 3.00 bits per heavy atom. The van der Waals surface area contributed by atoms with Crippen LogP contribution in [0, 0.1) is 5.92 Å². The maximum atomic E-state index is 12.6. The number of carbonyl (C=O) groups excluding carboxylic acids is 1. The van der Waals surface area contributed by atoms with Crippen molar-refractivity contribution in [2.24, 2.45) is 5.92 Å². The van der Waals surface area contributed by atoms with E-state index in [1.807, 2.05) is 12.3 Å². The fourth-order valence-corrected chi connectivity index (χ4v) is 2.82. The highest BCUT2D eigenvalue weighted by Gasteiger charge is 2.16. The smallest absolute Gasteiger partial charge is 0.337 e. The van der Waals surface area contributed by atoms with E-state index in [4.69, 9.17) is 4.74 Å². The van der Waals surface area contributed by atoms with Crippen molar-refractivity contribution in [3.8, 4) is 0 Å². The van der Waals surface area contributed by atoms with Crippen LogP contribution in [0.4, 0.5) is 0 Å². The summed E-state index contributed by atoms with van der Waals surface area (Å²) in [6, 6.07) is 7.00. The predicted molar refractivity (Wildman–Crippen MR) is 80.5 cm³/mol. The van der Waals surface area contributed by atoms with Gasteiger partial charge in [-0.3, -0.25) is 4.79 Å². The Bertz CT molecular complexity index is 730. The Kier molecular flexibility index (Phi) is 3.75. The van der Waals surface area contributed by atoms with Gasteiger partial charge in [0.25, 0.3) is 5.56 Å². The number of pyridine rings is 1. The van der Waals surface area contributed by atoms with Crippen LogP contribution in [0.2, 0.25) is 0 Å². The summed E-state index contributed by atoms with van der Waals surface area (Å²) >= 11 is 0. The number of fused-ring (bicyclic) bond motifs is 1. The van der Waals surface area contributed by atoms with E-state index in [1.165, 1.54) is 7.11 Å². The number of esters is 1. The third-order valence-corrected chi connectivity index (χ3v) is 4.02. The van der Waals surface area contributed by atoms with Crippen LogP contribution < -0.4 is 10.9 Å². The summed E-state index contributed by atoms with van der Waals surface area (Å²) in [4.78, 5) is 24.2. The largest absolute Gasteiger partial charge is 0.465 e. The van der Waals surface area contributed by atoms with Gasteiger partial charge < -0.3 is 14.6 Å². The highest BCUT2D eigenvalue weighted by molar-refractivity contribution is 5.95. The number of benzene rings is 1. The molecule has 1 N–H and O–H groups in total. The summed E-state index contributed by atoms with van der Waals surface area (Å²) in [6.45, 7) is 2.68. The van der Waals surface area contributed by atoms with Crippen LogP contribution in [0.15, 0.2) is 35.3 Å². The molecule has 21 heavy (non-hydrogen) atoms. The number of aromatic nitrogens is 1. The first kappa shape index (κ1) is 13.8. The molecule has 0 bridgehead atoms. The quantitative estimate of drug-likeness (QED) is 0.866. The van der Waals surface area contributed by atoms with E-state index in [9.17, 15) is 9.59 Å². The number of hydrogen-bond acceptors (Lipinski definition) is 4. The molecular weight excluding hydrogens is 268 g/mol. The van der Waals surface area contributed by atoms with Crippen molar-refractivity contribution in [3.63, 3.8) is 0 Å². The van der Waals surface area contributed by atoms with Crippen molar-refractivity contribution in [2.45, 2.75) is 13.0 Å². The number of hydrogen-bond donors (Lipinski definition) is 1. The number of nitrogens with zero attached hydrogens (tertiary/aromatic N) is 1. The van der Waals surface area contributed by atoms with Gasteiger partial charge in [-0.05, 0) is 49.0 Å². The standard InChI is InChI=1S/C16H18N2O3/c1-21-16(20)13-3-2-12-5-7-18(15(19)14(12)8-13)10-11-4-6-17-9-11/h2-3,5,7-8,11,17H,4,6,9-10H2,1H3. The first-order valence-electron chi connectivity index (χ1n) is 7.11. The number of carbonyl (C=O) groups is 1. The molecular formula is C16H18N2O3.